The van der Waals surface area contributed by atoms with E-state index in [1.165, 1.54) is 5.56 Å². The van der Waals surface area contributed by atoms with E-state index in [0.29, 0.717) is 13.0 Å². The van der Waals surface area contributed by atoms with Crippen molar-refractivity contribution >= 4 is 0 Å². The molecule has 0 aliphatic carbocycles. The molecule has 0 radical (unpaired) electrons. The van der Waals surface area contributed by atoms with E-state index in [0.717, 1.165) is 48.4 Å². The molecule has 2 atom stereocenters. The van der Waals surface area contributed by atoms with Crippen LogP contribution in [0.15, 0.2) is 42.5 Å². The molecule has 1 saturated heterocycles. The highest BCUT2D eigenvalue weighted by Crippen LogP contribution is 2.44. The number of nitrogens with zero attached hydrogens (tertiary/aromatic N) is 1. The van der Waals surface area contributed by atoms with Gasteiger partial charge in [-0.05, 0) is 48.4 Å². The molecular weight excluding hydrogens is 374 g/mol. The van der Waals surface area contributed by atoms with Gasteiger partial charge in [0.15, 0.2) is 0 Å². The smallest absolute Gasteiger partial charge is 0.125 e. The van der Waals surface area contributed by atoms with Crippen LogP contribution in [-0.2, 0) is 5.41 Å². The highest BCUT2D eigenvalue weighted by Gasteiger charge is 2.43. The fraction of sp³-hybridized carbons (Fsp3) is 0.538. The summed E-state index contributed by atoms with van der Waals surface area (Å²) in [5.41, 5.74) is 4.13. The first kappa shape index (κ1) is 21.4. The zero-order valence-corrected chi connectivity index (χ0v) is 18.7. The summed E-state index contributed by atoms with van der Waals surface area (Å²) < 4.78 is 6.42. The fourth-order valence-corrected chi connectivity index (χ4v) is 4.76. The van der Waals surface area contributed by atoms with Gasteiger partial charge >= 0.3 is 0 Å². The molecule has 2 aliphatic heterocycles. The lowest BCUT2D eigenvalue weighted by Gasteiger charge is -2.46. The first-order valence-corrected chi connectivity index (χ1v) is 11.1. The molecule has 0 unspecified atom stereocenters. The van der Waals surface area contributed by atoms with Gasteiger partial charge in [-0.1, -0.05) is 56.7 Å². The molecule has 0 aromatic heterocycles. The van der Waals surface area contributed by atoms with Crippen LogP contribution in [0.5, 0.6) is 5.75 Å². The lowest BCUT2D eigenvalue weighted by Crippen LogP contribution is -2.51. The standard InChI is InChI=1S/C26H35NO3/c1-18-5-10-24-21(15-18)22(28)16-26(30-24)11-13-27(14-12-26)17-23(29)19-6-8-20(9-7-19)25(2,3)4/h5-10,15,22-23,28-29H,11-14,16-17H2,1-4H3/t22-,23-/m0/s1. The van der Waals surface area contributed by atoms with Gasteiger partial charge in [-0.15, -0.1) is 0 Å². The number of likely N-dealkylation sites (tertiary alicyclic amines) is 1. The monoisotopic (exact) mass is 409 g/mol. The molecule has 162 valence electrons. The van der Waals surface area contributed by atoms with Crippen molar-refractivity contribution in [3.8, 4) is 5.75 Å². The van der Waals surface area contributed by atoms with Gasteiger partial charge < -0.3 is 19.8 Å². The Bertz CT molecular complexity index is 876. The van der Waals surface area contributed by atoms with Gasteiger partial charge in [-0.3, -0.25) is 0 Å². The zero-order chi connectivity index (χ0) is 21.5. The number of hydrogen-bond donors (Lipinski definition) is 2. The number of aryl methyl sites for hydroxylation is 1. The Kier molecular flexibility index (Phi) is 5.69. The topological polar surface area (TPSA) is 52.9 Å². The van der Waals surface area contributed by atoms with E-state index in [9.17, 15) is 10.2 Å². The molecule has 4 rings (SSSR count). The van der Waals surface area contributed by atoms with E-state index < -0.39 is 12.2 Å². The lowest BCUT2D eigenvalue weighted by atomic mass is 9.81. The number of fused-ring (bicyclic) bond motifs is 1. The van der Waals surface area contributed by atoms with Gasteiger partial charge in [0.05, 0.1) is 12.2 Å². The molecule has 2 aliphatic rings. The molecule has 2 N–H and O–H groups in total. The van der Waals surface area contributed by atoms with Crippen molar-refractivity contribution in [1.29, 1.82) is 0 Å². The molecule has 0 saturated carbocycles. The second kappa shape index (κ2) is 7.99. The number of aliphatic hydroxyl groups excluding tert-OH is 2. The van der Waals surface area contributed by atoms with E-state index in [-0.39, 0.29) is 11.0 Å². The van der Waals surface area contributed by atoms with Crippen LogP contribution < -0.4 is 4.74 Å². The largest absolute Gasteiger partial charge is 0.487 e. The average Bonchev–Trinajstić information content (AvgIpc) is 2.70. The van der Waals surface area contributed by atoms with Crippen LogP contribution in [0, 0.1) is 6.92 Å². The Morgan fingerprint density at radius 1 is 1.10 bits per heavy atom. The molecule has 2 heterocycles. The molecule has 4 heteroatoms. The highest BCUT2D eigenvalue weighted by atomic mass is 16.5. The van der Waals surface area contributed by atoms with E-state index >= 15 is 0 Å². The minimum atomic E-state index is -0.491. The summed E-state index contributed by atoms with van der Waals surface area (Å²) in [5, 5.41) is 21.5. The summed E-state index contributed by atoms with van der Waals surface area (Å²) in [6, 6.07) is 14.4. The van der Waals surface area contributed by atoms with Crippen molar-refractivity contribution in [2.45, 2.75) is 70.2 Å². The predicted octanol–water partition coefficient (Wildman–Crippen LogP) is 4.68. The third-order valence-electron chi connectivity index (χ3n) is 6.78. The summed E-state index contributed by atoms with van der Waals surface area (Å²) in [6.45, 7) is 11.0. The van der Waals surface area contributed by atoms with Crippen LogP contribution in [0.25, 0.3) is 0 Å². The number of β-amino-alcohol motifs (C(OH)–C–C–N with tert-alkyl or cyclic N) is 1. The van der Waals surface area contributed by atoms with E-state index in [4.69, 9.17) is 4.74 Å². The highest BCUT2D eigenvalue weighted by molar-refractivity contribution is 5.41. The summed E-state index contributed by atoms with van der Waals surface area (Å²) >= 11 is 0. The molecule has 4 nitrogen and oxygen atoms in total. The van der Waals surface area contributed by atoms with Gasteiger partial charge in [0.25, 0.3) is 0 Å². The summed E-state index contributed by atoms with van der Waals surface area (Å²) in [6.07, 6.45) is 1.43. The van der Waals surface area contributed by atoms with Crippen molar-refractivity contribution in [2.75, 3.05) is 19.6 Å². The van der Waals surface area contributed by atoms with Crippen molar-refractivity contribution in [3.05, 3.63) is 64.7 Å². The maximum atomic E-state index is 10.8. The SMILES string of the molecule is Cc1ccc2c(c1)[C@@H](O)CC1(CCN(C[C@H](O)c3ccc(C(C)(C)C)cc3)CC1)O2. The van der Waals surface area contributed by atoms with Gasteiger partial charge in [0, 0.05) is 31.6 Å². The van der Waals surface area contributed by atoms with Crippen molar-refractivity contribution in [2.24, 2.45) is 0 Å². The Morgan fingerprint density at radius 2 is 1.77 bits per heavy atom. The normalized spacial score (nSPS) is 22.4. The first-order valence-electron chi connectivity index (χ1n) is 11.1. The Hall–Kier alpha value is -1.88. The third-order valence-corrected chi connectivity index (χ3v) is 6.78. The summed E-state index contributed by atoms with van der Waals surface area (Å²) in [5.74, 6) is 0.826. The van der Waals surface area contributed by atoms with Crippen LogP contribution >= 0.6 is 0 Å². The van der Waals surface area contributed by atoms with Crippen LogP contribution in [0.3, 0.4) is 0 Å². The fourth-order valence-electron chi connectivity index (χ4n) is 4.76. The minimum Gasteiger partial charge on any atom is -0.487 e. The van der Waals surface area contributed by atoms with Gasteiger partial charge in [-0.2, -0.15) is 0 Å². The minimum absolute atomic E-state index is 0.118. The van der Waals surface area contributed by atoms with Crippen molar-refractivity contribution < 1.29 is 14.9 Å². The van der Waals surface area contributed by atoms with E-state index in [1.54, 1.807) is 0 Å². The summed E-state index contributed by atoms with van der Waals surface area (Å²) in [7, 11) is 0. The molecule has 2 aromatic carbocycles. The van der Waals surface area contributed by atoms with Gasteiger partial charge in [0.1, 0.15) is 11.4 Å². The maximum absolute atomic E-state index is 10.8. The predicted molar refractivity (Wildman–Crippen MR) is 120 cm³/mol. The Morgan fingerprint density at radius 3 is 2.40 bits per heavy atom. The number of aliphatic hydroxyl groups is 2. The molecule has 0 amide bonds. The third kappa shape index (κ3) is 4.41. The van der Waals surface area contributed by atoms with Crippen molar-refractivity contribution in [1.82, 2.24) is 4.90 Å². The van der Waals surface area contributed by atoms with Gasteiger partial charge in [-0.25, -0.2) is 0 Å². The average molecular weight is 410 g/mol. The zero-order valence-electron chi connectivity index (χ0n) is 18.7. The van der Waals surface area contributed by atoms with Crippen molar-refractivity contribution in [3.63, 3.8) is 0 Å². The number of ether oxygens (including phenoxy) is 1. The molecule has 2 aromatic rings. The molecule has 30 heavy (non-hydrogen) atoms. The number of rotatable bonds is 3. The molecule has 1 fully saturated rings. The lowest BCUT2D eigenvalue weighted by molar-refractivity contribution is -0.0588. The molecular formula is C26H35NO3. The summed E-state index contributed by atoms with van der Waals surface area (Å²) in [4.78, 5) is 2.31. The van der Waals surface area contributed by atoms with E-state index in [1.807, 2.05) is 25.1 Å². The first-order chi connectivity index (χ1) is 14.2. The second-order valence-corrected chi connectivity index (χ2v) is 10.2. The second-order valence-electron chi connectivity index (χ2n) is 10.2. The van der Waals surface area contributed by atoms with Crippen LogP contribution in [0.1, 0.15) is 74.5 Å². The Balaban J connectivity index is 1.36. The van der Waals surface area contributed by atoms with E-state index in [2.05, 4.69) is 49.9 Å². The quantitative estimate of drug-likeness (QED) is 0.773. The van der Waals surface area contributed by atoms with Crippen LogP contribution in [0.4, 0.5) is 0 Å². The number of hydrogen-bond acceptors (Lipinski definition) is 4. The molecule has 1 spiro atoms. The number of piperidine rings is 1. The number of benzene rings is 2. The molecule has 0 bridgehead atoms. The maximum Gasteiger partial charge on any atom is 0.125 e. The van der Waals surface area contributed by atoms with Gasteiger partial charge in [0.2, 0.25) is 0 Å². The van der Waals surface area contributed by atoms with Crippen LogP contribution in [0.2, 0.25) is 0 Å². The van der Waals surface area contributed by atoms with Crippen LogP contribution in [-0.4, -0.2) is 40.3 Å². The Labute approximate surface area is 180 Å².